The van der Waals surface area contributed by atoms with Crippen molar-refractivity contribution in [3.05, 3.63) is 83.4 Å². The van der Waals surface area contributed by atoms with Gasteiger partial charge in [-0.3, -0.25) is 14.5 Å². The summed E-state index contributed by atoms with van der Waals surface area (Å²) in [6.07, 6.45) is 7.03. The first-order chi connectivity index (χ1) is 15.7. The largest absolute Gasteiger partial charge is 0.489 e. The molecule has 3 heterocycles. The molecule has 0 unspecified atom stereocenters. The number of hydrogen-bond acceptors (Lipinski definition) is 7. The van der Waals surface area contributed by atoms with E-state index in [4.69, 9.17) is 21.1 Å². The molecule has 0 aliphatic heterocycles. The number of ether oxygens (including phenoxy) is 2. The van der Waals surface area contributed by atoms with Crippen molar-refractivity contribution in [3.8, 4) is 17.1 Å². The zero-order valence-electron chi connectivity index (χ0n) is 17.5. The van der Waals surface area contributed by atoms with Gasteiger partial charge < -0.3 is 9.47 Å². The maximum Gasteiger partial charge on any atom is 0.191 e. The van der Waals surface area contributed by atoms with Gasteiger partial charge in [0.05, 0.1) is 13.2 Å². The van der Waals surface area contributed by atoms with E-state index in [0.717, 1.165) is 33.4 Å². The summed E-state index contributed by atoms with van der Waals surface area (Å²) in [7, 11) is 1.68. The fourth-order valence-corrected chi connectivity index (χ4v) is 4.22. The Kier molecular flexibility index (Phi) is 7.71. The predicted molar refractivity (Wildman–Crippen MR) is 125 cm³/mol. The lowest BCUT2D eigenvalue weighted by atomic mass is 10.2. The molecule has 7 nitrogen and oxygen atoms in total. The Bertz CT molecular complexity index is 1140. The highest BCUT2D eigenvalue weighted by molar-refractivity contribution is 7.98. The summed E-state index contributed by atoms with van der Waals surface area (Å²) >= 11 is 7.85. The first kappa shape index (κ1) is 22.3. The summed E-state index contributed by atoms with van der Waals surface area (Å²) in [5.74, 6) is 2.19. The normalized spacial score (nSPS) is 10.9. The molecule has 0 spiro atoms. The van der Waals surface area contributed by atoms with Crippen LogP contribution in [0.1, 0.15) is 11.1 Å². The molecule has 164 valence electrons. The van der Waals surface area contributed by atoms with E-state index in [-0.39, 0.29) is 0 Å². The number of nitrogens with zero attached hydrogens (tertiary/aromatic N) is 5. The van der Waals surface area contributed by atoms with Gasteiger partial charge in [-0.1, -0.05) is 29.4 Å². The molecule has 0 bridgehead atoms. The van der Waals surface area contributed by atoms with Gasteiger partial charge in [0.2, 0.25) is 0 Å². The second kappa shape index (κ2) is 11.1. The van der Waals surface area contributed by atoms with E-state index in [1.807, 2.05) is 42.5 Å². The molecular formula is C23H22ClN5O2S. The summed E-state index contributed by atoms with van der Waals surface area (Å²) < 4.78 is 13.4. The lowest BCUT2D eigenvalue weighted by molar-refractivity contribution is 0.185. The Balaban J connectivity index is 1.53. The molecule has 0 aliphatic carbocycles. The number of rotatable bonds is 10. The highest BCUT2D eigenvalue weighted by atomic mass is 35.5. The Morgan fingerprint density at radius 2 is 1.91 bits per heavy atom. The Labute approximate surface area is 195 Å². The second-order valence-electron chi connectivity index (χ2n) is 6.88. The van der Waals surface area contributed by atoms with Crippen molar-refractivity contribution in [3.63, 3.8) is 0 Å². The van der Waals surface area contributed by atoms with Crippen molar-refractivity contribution in [1.29, 1.82) is 0 Å². The molecule has 0 saturated heterocycles. The van der Waals surface area contributed by atoms with Gasteiger partial charge in [-0.2, -0.15) is 0 Å². The summed E-state index contributed by atoms with van der Waals surface area (Å²) in [5.41, 5.74) is 2.94. The van der Waals surface area contributed by atoms with Gasteiger partial charge in [-0.05, 0) is 36.4 Å². The number of pyridine rings is 2. The van der Waals surface area contributed by atoms with Crippen LogP contribution in [0.25, 0.3) is 11.4 Å². The fraction of sp³-hybridized carbons (Fsp3) is 0.217. The number of methoxy groups -OCH3 is 1. The van der Waals surface area contributed by atoms with Crippen LogP contribution in [0.5, 0.6) is 5.75 Å². The minimum Gasteiger partial charge on any atom is -0.489 e. The van der Waals surface area contributed by atoms with Crippen LogP contribution < -0.4 is 4.74 Å². The first-order valence-electron chi connectivity index (χ1n) is 10.00. The van der Waals surface area contributed by atoms with Crippen molar-refractivity contribution >= 4 is 23.4 Å². The Morgan fingerprint density at radius 1 is 1.03 bits per heavy atom. The van der Waals surface area contributed by atoms with Gasteiger partial charge in [-0.25, -0.2) is 0 Å². The van der Waals surface area contributed by atoms with Gasteiger partial charge in [0.1, 0.15) is 12.4 Å². The third-order valence-electron chi connectivity index (χ3n) is 4.67. The topological polar surface area (TPSA) is 75.0 Å². The third kappa shape index (κ3) is 5.64. The van der Waals surface area contributed by atoms with Crippen molar-refractivity contribution in [2.24, 2.45) is 0 Å². The zero-order valence-corrected chi connectivity index (χ0v) is 19.1. The molecule has 32 heavy (non-hydrogen) atoms. The van der Waals surface area contributed by atoms with E-state index in [2.05, 4.69) is 24.7 Å². The number of thioether (sulfide) groups is 1. The van der Waals surface area contributed by atoms with Gasteiger partial charge in [-0.15, -0.1) is 10.2 Å². The van der Waals surface area contributed by atoms with Gasteiger partial charge in [0.25, 0.3) is 0 Å². The SMILES string of the molecule is COCCn1c(SCc2cc(Cl)ccc2OCc2cccnc2)nnc1-c1ccncc1. The van der Waals surface area contributed by atoms with Crippen molar-refractivity contribution in [2.75, 3.05) is 13.7 Å². The van der Waals surface area contributed by atoms with Crippen LogP contribution in [0.2, 0.25) is 5.02 Å². The van der Waals surface area contributed by atoms with Crippen LogP contribution in [-0.2, 0) is 23.6 Å². The standard InChI is InChI=1S/C23H22ClN5O2S/c1-30-12-11-29-22(18-6-9-25-10-7-18)27-28-23(29)32-16-19-13-20(24)4-5-21(19)31-15-17-3-2-8-26-14-17/h2-10,13-14H,11-12,15-16H2,1H3. The molecule has 0 amide bonds. The lowest BCUT2D eigenvalue weighted by Crippen LogP contribution is -2.07. The minimum absolute atomic E-state index is 0.434. The van der Waals surface area contributed by atoms with Crippen LogP contribution in [0.15, 0.2) is 72.4 Å². The van der Waals surface area contributed by atoms with E-state index in [1.54, 1.807) is 43.7 Å². The van der Waals surface area contributed by atoms with E-state index in [0.29, 0.717) is 30.5 Å². The summed E-state index contributed by atoms with van der Waals surface area (Å²) in [4.78, 5) is 8.22. The average molecular weight is 468 g/mol. The highest BCUT2D eigenvalue weighted by Gasteiger charge is 2.16. The third-order valence-corrected chi connectivity index (χ3v) is 5.92. The first-order valence-corrected chi connectivity index (χ1v) is 11.4. The Morgan fingerprint density at radius 3 is 2.69 bits per heavy atom. The number of hydrogen-bond donors (Lipinski definition) is 0. The van der Waals surface area contributed by atoms with Gasteiger partial charge in [0, 0.05) is 59.4 Å². The monoisotopic (exact) mass is 467 g/mol. The van der Waals surface area contributed by atoms with Crippen LogP contribution in [-0.4, -0.2) is 38.4 Å². The Hall–Kier alpha value is -2.94. The van der Waals surface area contributed by atoms with Crippen LogP contribution >= 0.6 is 23.4 Å². The maximum atomic E-state index is 6.27. The van der Waals surface area contributed by atoms with Crippen molar-refractivity contribution < 1.29 is 9.47 Å². The number of aromatic nitrogens is 5. The lowest BCUT2D eigenvalue weighted by Gasteiger charge is -2.13. The average Bonchev–Trinajstić information content (AvgIpc) is 3.24. The predicted octanol–water partition coefficient (Wildman–Crippen LogP) is 4.91. The van der Waals surface area contributed by atoms with Gasteiger partial charge in [0.15, 0.2) is 11.0 Å². The fourth-order valence-electron chi connectivity index (χ4n) is 3.08. The molecule has 3 aromatic heterocycles. The molecule has 0 atom stereocenters. The smallest absolute Gasteiger partial charge is 0.191 e. The van der Waals surface area contributed by atoms with Crippen molar-refractivity contribution in [1.82, 2.24) is 24.7 Å². The van der Waals surface area contributed by atoms with Crippen LogP contribution in [0.3, 0.4) is 0 Å². The molecule has 4 aromatic rings. The van der Waals surface area contributed by atoms with Crippen LogP contribution in [0.4, 0.5) is 0 Å². The van der Waals surface area contributed by atoms with E-state index in [1.165, 1.54) is 0 Å². The minimum atomic E-state index is 0.434. The molecule has 0 aliphatic rings. The van der Waals surface area contributed by atoms with Gasteiger partial charge >= 0.3 is 0 Å². The van der Waals surface area contributed by atoms with Crippen LogP contribution in [0, 0.1) is 0 Å². The zero-order chi connectivity index (χ0) is 22.2. The molecule has 0 fully saturated rings. The number of halogens is 1. The van der Waals surface area contributed by atoms with E-state index in [9.17, 15) is 0 Å². The maximum absolute atomic E-state index is 6.27. The molecule has 0 N–H and O–H groups in total. The quantitative estimate of drug-likeness (QED) is 0.307. The summed E-state index contributed by atoms with van der Waals surface area (Å²) in [6.45, 7) is 1.63. The number of benzene rings is 1. The summed E-state index contributed by atoms with van der Waals surface area (Å²) in [6, 6.07) is 13.4. The van der Waals surface area contributed by atoms with E-state index < -0.39 is 0 Å². The van der Waals surface area contributed by atoms with E-state index >= 15 is 0 Å². The molecule has 9 heteroatoms. The summed E-state index contributed by atoms with van der Waals surface area (Å²) in [5, 5.41) is 10.3. The molecule has 0 radical (unpaired) electrons. The second-order valence-corrected chi connectivity index (χ2v) is 8.26. The molecule has 0 saturated carbocycles. The molecule has 4 rings (SSSR count). The molecular weight excluding hydrogens is 446 g/mol. The van der Waals surface area contributed by atoms with Crippen molar-refractivity contribution in [2.45, 2.75) is 24.1 Å². The highest BCUT2D eigenvalue weighted by Crippen LogP contribution is 2.31. The molecule has 1 aromatic carbocycles.